The van der Waals surface area contributed by atoms with Gasteiger partial charge in [0.2, 0.25) is 5.91 Å². The van der Waals surface area contributed by atoms with Crippen LogP contribution in [0, 0.1) is 0 Å². The van der Waals surface area contributed by atoms with Crippen molar-refractivity contribution in [1.82, 2.24) is 9.78 Å². The molecule has 1 heterocycles. The predicted octanol–water partition coefficient (Wildman–Crippen LogP) is 1.99. The quantitative estimate of drug-likeness (QED) is 0.806. The van der Waals surface area contributed by atoms with E-state index in [1.807, 2.05) is 13.3 Å². The highest BCUT2D eigenvalue weighted by molar-refractivity contribution is 7.98. The maximum atomic E-state index is 12.0. The zero-order chi connectivity index (χ0) is 14.4. The van der Waals surface area contributed by atoms with E-state index in [0.29, 0.717) is 6.42 Å². The number of anilines is 1. The highest BCUT2D eigenvalue weighted by Crippen LogP contribution is 2.20. The highest BCUT2D eigenvalue weighted by Gasteiger charge is 2.19. The number of amides is 1. The van der Waals surface area contributed by atoms with E-state index < -0.39 is 6.04 Å². The van der Waals surface area contributed by atoms with Crippen LogP contribution in [-0.4, -0.2) is 33.7 Å². The number of hydrogen-bond donors (Lipinski definition) is 2. The molecule has 0 spiro atoms. The minimum Gasteiger partial charge on any atom is -0.320 e. The summed E-state index contributed by atoms with van der Waals surface area (Å²) in [5.74, 6) is 1.54. The Balaban J connectivity index is 0.00000361. The molecule has 0 saturated heterocycles. The molecule has 0 aliphatic carbocycles. The molecule has 0 aliphatic rings. The fourth-order valence-corrected chi connectivity index (χ4v) is 2.51. The normalized spacial score (nSPS) is 11.8. The first-order valence-corrected chi connectivity index (χ1v) is 8.04. The van der Waals surface area contributed by atoms with Crippen LogP contribution in [0.3, 0.4) is 0 Å². The van der Waals surface area contributed by atoms with E-state index in [1.54, 1.807) is 16.4 Å². The number of halogens is 1. The van der Waals surface area contributed by atoms with Crippen molar-refractivity contribution in [3.05, 3.63) is 11.3 Å². The molecule has 0 fully saturated rings. The first-order valence-electron chi connectivity index (χ1n) is 6.65. The summed E-state index contributed by atoms with van der Waals surface area (Å²) >= 11 is 1.69. The van der Waals surface area contributed by atoms with Crippen LogP contribution in [0.2, 0.25) is 0 Å². The van der Waals surface area contributed by atoms with E-state index in [2.05, 4.69) is 24.3 Å². The van der Waals surface area contributed by atoms with Gasteiger partial charge in [-0.3, -0.25) is 9.48 Å². The second kappa shape index (κ2) is 9.26. The Kier molecular flexibility index (Phi) is 8.93. The lowest BCUT2D eigenvalue weighted by Crippen LogP contribution is -2.36. The van der Waals surface area contributed by atoms with Gasteiger partial charge < -0.3 is 11.1 Å². The number of rotatable bonds is 7. The largest absolute Gasteiger partial charge is 0.320 e. The van der Waals surface area contributed by atoms with Gasteiger partial charge in [-0.2, -0.15) is 16.9 Å². The minimum atomic E-state index is -0.461. The molecule has 116 valence electrons. The third-order valence-corrected chi connectivity index (χ3v) is 3.77. The maximum Gasteiger partial charge on any atom is 0.242 e. The SMILES string of the molecule is CCc1nn(C)c(NC(=O)[C@@H](N)CCSC)c1CC.Cl. The number of hydrogen-bond acceptors (Lipinski definition) is 4. The van der Waals surface area contributed by atoms with E-state index in [-0.39, 0.29) is 18.3 Å². The summed E-state index contributed by atoms with van der Waals surface area (Å²) in [5.41, 5.74) is 8.02. The molecule has 0 unspecified atom stereocenters. The van der Waals surface area contributed by atoms with Gasteiger partial charge in [0.25, 0.3) is 0 Å². The van der Waals surface area contributed by atoms with Crippen molar-refractivity contribution in [2.24, 2.45) is 12.8 Å². The molecule has 3 N–H and O–H groups in total. The van der Waals surface area contributed by atoms with Crippen molar-refractivity contribution in [2.75, 3.05) is 17.3 Å². The van der Waals surface area contributed by atoms with E-state index >= 15 is 0 Å². The number of carbonyl (C=O) groups is 1. The second-order valence-electron chi connectivity index (χ2n) is 4.48. The first-order chi connectivity index (χ1) is 9.04. The van der Waals surface area contributed by atoms with Crippen molar-refractivity contribution in [2.45, 2.75) is 39.2 Å². The Morgan fingerprint density at radius 2 is 2.10 bits per heavy atom. The van der Waals surface area contributed by atoms with Crippen LogP contribution >= 0.6 is 24.2 Å². The first kappa shape index (κ1) is 19.3. The molecule has 20 heavy (non-hydrogen) atoms. The van der Waals surface area contributed by atoms with Crippen molar-refractivity contribution >= 4 is 35.9 Å². The Morgan fingerprint density at radius 1 is 1.45 bits per heavy atom. The summed E-state index contributed by atoms with van der Waals surface area (Å²) in [7, 11) is 1.85. The standard InChI is InChI=1S/C13H24N4OS.ClH/c1-5-9-11(6-2)16-17(3)12(9)15-13(18)10(14)7-8-19-4;/h10H,5-8,14H2,1-4H3,(H,15,18);1H/t10-;/m0./s1. The predicted molar refractivity (Wildman–Crippen MR) is 88.8 cm³/mol. The van der Waals surface area contributed by atoms with Crippen LogP contribution < -0.4 is 11.1 Å². The van der Waals surface area contributed by atoms with Gasteiger partial charge in [-0.15, -0.1) is 12.4 Å². The Hall–Kier alpha value is -0.720. The smallest absolute Gasteiger partial charge is 0.242 e. The van der Waals surface area contributed by atoms with Crippen LogP contribution in [0.15, 0.2) is 0 Å². The number of nitrogens with one attached hydrogen (secondary N) is 1. The molecule has 7 heteroatoms. The third kappa shape index (κ3) is 4.68. The van der Waals surface area contributed by atoms with Gasteiger partial charge in [0.1, 0.15) is 5.82 Å². The molecule has 0 aliphatic heterocycles. The summed E-state index contributed by atoms with van der Waals surface area (Å²) in [6.45, 7) is 4.14. The fourth-order valence-electron chi connectivity index (χ4n) is 2.02. The van der Waals surface area contributed by atoms with E-state index in [1.165, 1.54) is 0 Å². The number of thioether (sulfide) groups is 1. The topological polar surface area (TPSA) is 72.9 Å². The summed E-state index contributed by atoms with van der Waals surface area (Å²) in [5, 5.41) is 7.35. The number of carbonyl (C=O) groups excluding carboxylic acids is 1. The van der Waals surface area contributed by atoms with Crippen LogP contribution in [-0.2, 0) is 24.7 Å². The lowest BCUT2D eigenvalue weighted by atomic mass is 10.1. The third-order valence-electron chi connectivity index (χ3n) is 3.13. The Labute approximate surface area is 131 Å². The summed E-state index contributed by atoms with van der Waals surface area (Å²) in [6, 6.07) is -0.461. The van der Waals surface area contributed by atoms with Gasteiger partial charge in [0.15, 0.2) is 0 Å². The molecule has 1 aromatic rings. The monoisotopic (exact) mass is 320 g/mol. The Morgan fingerprint density at radius 3 is 2.60 bits per heavy atom. The summed E-state index contributed by atoms with van der Waals surface area (Å²) < 4.78 is 1.73. The summed E-state index contributed by atoms with van der Waals surface area (Å²) in [6.07, 6.45) is 4.42. The molecule has 0 radical (unpaired) electrons. The van der Waals surface area contributed by atoms with Crippen molar-refractivity contribution < 1.29 is 4.79 Å². The van der Waals surface area contributed by atoms with Crippen molar-refractivity contribution in [3.8, 4) is 0 Å². The molecule has 1 aromatic heterocycles. The average molecular weight is 321 g/mol. The van der Waals surface area contributed by atoms with E-state index in [4.69, 9.17) is 5.73 Å². The van der Waals surface area contributed by atoms with Crippen LogP contribution in [0.5, 0.6) is 0 Å². The highest BCUT2D eigenvalue weighted by atomic mass is 35.5. The maximum absolute atomic E-state index is 12.0. The zero-order valence-corrected chi connectivity index (χ0v) is 14.2. The lowest BCUT2D eigenvalue weighted by Gasteiger charge is -2.13. The zero-order valence-electron chi connectivity index (χ0n) is 12.6. The molecular weight excluding hydrogens is 296 g/mol. The average Bonchev–Trinajstić information content (AvgIpc) is 2.71. The van der Waals surface area contributed by atoms with Crippen LogP contribution in [0.1, 0.15) is 31.5 Å². The van der Waals surface area contributed by atoms with Crippen molar-refractivity contribution in [3.63, 3.8) is 0 Å². The molecule has 1 amide bonds. The van der Waals surface area contributed by atoms with Gasteiger partial charge in [0.05, 0.1) is 11.7 Å². The van der Waals surface area contributed by atoms with Crippen LogP contribution in [0.4, 0.5) is 5.82 Å². The van der Waals surface area contributed by atoms with Gasteiger partial charge in [-0.1, -0.05) is 13.8 Å². The van der Waals surface area contributed by atoms with Gasteiger partial charge in [0, 0.05) is 12.6 Å². The minimum absolute atomic E-state index is 0. The van der Waals surface area contributed by atoms with Gasteiger partial charge in [-0.25, -0.2) is 0 Å². The number of aromatic nitrogens is 2. The molecular formula is C13H25ClN4OS. The van der Waals surface area contributed by atoms with Crippen LogP contribution in [0.25, 0.3) is 0 Å². The molecule has 1 rings (SSSR count). The molecule has 0 bridgehead atoms. The molecule has 0 saturated carbocycles. The number of nitrogens with two attached hydrogens (primary N) is 1. The molecule has 1 atom stereocenters. The van der Waals surface area contributed by atoms with Gasteiger partial charge in [-0.05, 0) is 31.3 Å². The second-order valence-corrected chi connectivity index (χ2v) is 5.47. The number of nitrogens with zero attached hydrogens (tertiary/aromatic N) is 2. The van der Waals surface area contributed by atoms with E-state index in [9.17, 15) is 4.79 Å². The number of aryl methyl sites for hydroxylation is 2. The van der Waals surface area contributed by atoms with E-state index in [0.717, 1.165) is 35.7 Å². The molecule has 5 nitrogen and oxygen atoms in total. The fraction of sp³-hybridized carbons (Fsp3) is 0.692. The lowest BCUT2D eigenvalue weighted by molar-refractivity contribution is -0.117. The molecule has 0 aromatic carbocycles. The Bertz CT molecular complexity index is 436. The van der Waals surface area contributed by atoms with Crippen molar-refractivity contribution in [1.29, 1.82) is 0 Å². The summed E-state index contributed by atoms with van der Waals surface area (Å²) in [4.78, 5) is 12.0. The van der Waals surface area contributed by atoms with Gasteiger partial charge >= 0.3 is 0 Å².